The maximum absolute atomic E-state index is 9.73. The number of hydrogen-bond donors (Lipinski definition) is 3. The molecular weight excluding hydrogens is 272 g/mol. The van der Waals surface area contributed by atoms with Gasteiger partial charge in [0, 0.05) is 6.61 Å². The minimum Gasteiger partial charge on any atom is -0.388 e. The van der Waals surface area contributed by atoms with Gasteiger partial charge in [0.15, 0.2) is 0 Å². The highest BCUT2D eigenvalue weighted by molar-refractivity contribution is 4.86. The average molecular weight is 302 g/mol. The fourth-order valence-electron chi connectivity index (χ4n) is 2.38. The van der Waals surface area contributed by atoms with Gasteiger partial charge >= 0.3 is 0 Å². The zero-order valence-corrected chi connectivity index (χ0v) is 13.0. The van der Waals surface area contributed by atoms with Crippen LogP contribution in [-0.2, 0) is 9.47 Å². The number of allylic oxidation sites excluding steroid dienone is 2. The molecule has 0 amide bonds. The van der Waals surface area contributed by atoms with Crippen LogP contribution < -0.4 is 0 Å². The monoisotopic (exact) mass is 302 g/mol. The van der Waals surface area contributed by atoms with Crippen molar-refractivity contribution in [3.05, 3.63) is 12.2 Å². The molecule has 1 aliphatic rings. The maximum atomic E-state index is 9.73. The molecule has 5 heteroatoms. The van der Waals surface area contributed by atoms with Crippen LogP contribution in [0.2, 0.25) is 0 Å². The van der Waals surface area contributed by atoms with Crippen molar-refractivity contribution in [2.24, 2.45) is 0 Å². The van der Waals surface area contributed by atoms with Gasteiger partial charge in [0.05, 0.1) is 13.2 Å². The second-order valence-electron chi connectivity index (χ2n) is 5.62. The molecule has 21 heavy (non-hydrogen) atoms. The Kier molecular flexibility index (Phi) is 9.87. The molecule has 1 rings (SSSR count). The molecule has 1 aliphatic heterocycles. The molecule has 0 aliphatic carbocycles. The smallest absolute Gasteiger partial charge is 0.111 e. The van der Waals surface area contributed by atoms with Crippen LogP contribution in [0.3, 0.4) is 0 Å². The van der Waals surface area contributed by atoms with Gasteiger partial charge in [0.25, 0.3) is 0 Å². The molecule has 0 unspecified atom stereocenters. The van der Waals surface area contributed by atoms with Crippen molar-refractivity contribution in [3.8, 4) is 0 Å². The highest BCUT2D eigenvalue weighted by atomic mass is 16.6. The third-order valence-electron chi connectivity index (χ3n) is 3.78. The minimum atomic E-state index is -1.15. The Morgan fingerprint density at radius 2 is 1.76 bits per heavy atom. The van der Waals surface area contributed by atoms with E-state index in [4.69, 9.17) is 9.47 Å². The Labute approximate surface area is 127 Å². The molecule has 124 valence electrons. The number of unbranched alkanes of at least 4 members (excludes halogenated alkanes) is 5. The van der Waals surface area contributed by atoms with E-state index in [0.29, 0.717) is 6.61 Å². The van der Waals surface area contributed by atoms with Gasteiger partial charge in [0.2, 0.25) is 0 Å². The molecule has 0 aromatic carbocycles. The van der Waals surface area contributed by atoms with Gasteiger partial charge in [-0.15, -0.1) is 0 Å². The summed E-state index contributed by atoms with van der Waals surface area (Å²) in [7, 11) is 0. The van der Waals surface area contributed by atoms with Gasteiger partial charge in [-0.2, -0.15) is 0 Å². The molecule has 1 heterocycles. The van der Waals surface area contributed by atoms with Crippen molar-refractivity contribution in [2.75, 3.05) is 19.8 Å². The summed E-state index contributed by atoms with van der Waals surface area (Å²) in [6.45, 7) is 2.98. The van der Waals surface area contributed by atoms with Crippen LogP contribution in [-0.4, -0.2) is 59.6 Å². The van der Waals surface area contributed by atoms with Crippen molar-refractivity contribution in [2.45, 2.75) is 69.9 Å². The third-order valence-corrected chi connectivity index (χ3v) is 3.78. The summed E-state index contributed by atoms with van der Waals surface area (Å²) in [5, 5.41) is 28.6. The lowest BCUT2D eigenvalue weighted by Crippen LogP contribution is -2.54. The number of rotatable bonds is 10. The average Bonchev–Trinajstić information content (AvgIpc) is 2.49. The van der Waals surface area contributed by atoms with Crippen molar-refractivity contribution in [1.82, 2.24) is 0 Å². The van der Waals surface area contributed by atoms with Crippen molar-refractivity contribution in [3.63, 3.8) is 0 Å². The molecule has 0 radical (unpaired) electrons. The second kappa shape index (κ2) is 11.2. The number of ether oxygens (including phenoxy) is 2. The fourth-order valence-corrected chi connectivity index (χ4v) is 2.38. The molecule has 5 nitrogen and oxygen atoms in total. The first kappa shape index (κ1) is 18.6. The lowest BCUT2D eigenvalue weighted by Gasteiger charge is -2.35. The van der Waals surface area contributed by atoms with Gasteiger partial charge in [-0.3, -0.25) is 0 Å². The Morgan fingerprint density at radius 3 is 2.52 bits per heavy atom. The van der Waals surface area contributed by atoms with Gasteiger partial charge in [0.1, 0.15) is 24.4 Å². The van der Waals surface area contributed by atoms with Crippen LogP contribution in [0, 0.1) is 0 Å². The van der Waals surface area contributed by atoms with Crippen molar-refractivity contribution in [1.29, 1.82) is 0 Å². The van der Waals surface area contributed by atoms with Crippen molar-refractivity contribution < 1.29 is 24.8 Å². The fraction of sp³-hybridized carbons (Fsp3) is 0.875. The Hall–Kier alpha value is -0.460. The van der Waals surface area contributed by atoms with Gasteiger partial charge in [-0.25, -0.2) is 0 Å². The molecule has 0 aromatic heterocycles. The van der Waals surface area contributed by atoms with Crippen LogP contribution in [0.15, 0.2) is 12.2 Å². The van der Waals surface area contributed by atoms with E-state index in [-0.39, 0.29) is 13.2 Å². The summed E-state index contributed by atoms with van der Waals surface area (Å²) in [6, 6.07) is 0. The van der Waals surface area contributed by atoms with E-state index in [1.165, 1.54) is 19.3 Å². The number of aliphatic hydroxyl groups is 3. The van der Waals surface area contributed by atoms with Gasteiger partial charge < -0.3 is 24.8 Å². The van der Waals surface area contributed by atoms with Crippen LogP contribution in [0.25, 0.3) is 0 Å². The Balaban J connectivity index is 1.94. The molecule has 1 fully saturated rings. The van der Waals surface area contributed by atoms with Crippen LogP contribution in [0.1, 0.15) is 45.4 Å². The molecule has 0 saturated carbocycles. The Bertz CT molecular complexity index is 282. The van der Waals surface area contributed by atoms with Crippen LogP contribution in [0.5, 0.6) is 0 Å². The predicted molar refractivity (Wildman–Crippen MR) is 81.1 cm³/mol. The van der Waals surface area contributed by atoms with Gasteiger partial charge in [-0.1, -0.05) is 31.4 Å². The minimum absolute atomic E-state index is 0.0401. The van der Waals surface area contributed by atoms with Crippen LogP contribution in [0.4, 0.5) is 0 Å². The molecule has 0 bridgehead atoms. The quantitative estimate of drug-likeness (QED) is 0.420. The maximum Gasteiger partial charge on any atom is 0.111 e. The first-order valence-electron chi connectivity index (χ1n) is 8.01. The summed E-state index contributed by atoms with van der Waals surface area (Å²) >= 11 is 0. The highest BCUT2D eigenvalue weighted by Crippen LogP contribution is 2.16. The zero-order valence-electron chi connectivity index (χ0n) is 13.0. The lowest BCUT2D eigenvalue weighted by atomic mass is 10.0. The van der Waals surface area contributed by atoms with E-state index in [1.807, 2.05) is 6.92 Å². The number of aliphatic hydroxyl groups excluding tert-OH is 3. The van der Waals surface area contributed by atoms with E-state index in [0.717, 1.165) is 19.3 Å². The molecule has 0 spiro atoms. The van der Waals surface area contributed by atoms with E-state index in [9.17, 15) is 15.3 Å². The van der Waals surface area contributed by atoms with E-state index < -0.39 is 24.4 Å². The van der Waals surface area contributed by atoms with E-state index in [2.05, 4.69) is 12.2 Å². The molecule has 0 aromatic rings. The first-order chi connectivity index (χ1) is 10.2. The van der Waals surface area contributed by atoms with Crippen molar-refractivity contribution >= 4 is 0 Å². The van der Waals surface area contributed by atoms with E-state index >= 15 is 0 Å². The highest BCUT2D eigenvalue weighted by Gasteiger charge is 2.37. The Morgan fingerprint density at radius 1 is 1.05 bits per heavy atom. The largest absolute Gasteiger partial charge is 0.388 e. The normalized spacial score (nSPS) is 30.1. The summed E-state index contributed by atoms with van der Waals surface area (Å²) < 4.78 is 10.7. The zero-order chi connectivity index (χ0) is 15.5. The summed E-state index contributed by atoms with van der Waals surface area (Å²) in [4.78, 5) is 0. The molecule has 1 saturated heterocycles. The molecule has 4 atom stereocenters. The third kappa shape index (κ3) is 7.38. The molecular formula is C16H30O5. The first-order valence-corrected chi connectivity index (χ1v) is 8.01. The number of hydrogen-bond acceptors (Lipinski definition) is 5. The predicted octanol–water partition coefficient (Wildman–Crippen LogP) is 1.40. The SMILES string of the molecule is C/C=C/CCCCCCCOC[C@H]1OC[C@H](O)[C@@H](O)[C@@H]1O. The van der Waals surface area contributed by atoms with E-state index in [1.54, 1.807) is 0 Å². The van der Waals surface area contributed by atoms with Crippen LogP contribution >= 0.6 is 0 Å². The topological polar surface area (TPSA) is 79.2 Å². The summed E-state index contributed by atoms with van der Waals surface area (Å²) in [5.41, 5.74) is 0. The standard InChI is InChI=1S/C16H30O5/c1-2-3-4-5-6-7-8-9-10-20-12-14-16(19)15(18)13(17)11-21-14/h2-3,13-19H,4-12H2,1H3/b3-2+/t13-,14+,15+,16+/m0/s1. The molecule has 3 N–H and O–H groups in total. The second-order valence-corrected chi connectivity index (χ2v) is 5.62. The summed E-state index contributed by atoms with van der Waals surface area (Å²) in [5.74, 6) is 0. The summed E-state index contributed by atoms with van der Waals surface area (Å²) in [6.07, 6.45) is 7.50. The van der Waals surface area contributed by atoms with Gasteiger partial charge in [-0.05, 0) is 26.2 Å². The lowest BCUT2D eigenvalue weighted by molar-refractivity contribution is -0.199.